The summed E-state index contributed by atoms with van der Waals surface area (Å²) < 4.78 is 5.21. The molecule has 1 atom stereocenters. The molecule has 1 aliphatic heterocycles. The maximum atomic E-state index is 12.8. The Balaban J connectivity index is 1.73. The zero-order valence-electron chi connectivity index (χ0n) is 15.9. The smallest absolute Gasteiger partial charge is 0.322 e. The topological polar surface area (TPSA) is 70.7 Å². The molecule has 1 saturated heterocycles. The number of carbonyl (C=O) groups excluding carboxylic acids is 2. The van der Waals surface area contributed by atoms with Crippen LogP contribution in [0.15, 0.2) is 42.5 Å². The molecule has 1 heterocycles. The monoisotopic (exact) mass is 367 g/mol. The van der Waals surface area contributed by atoms with Gasteiger partial charge < -0.3 is 20.3 Å². The van der Waals surface area contributed by atoms with Crippen molar-refractivity contribution in [3.05, 3.63) is 53.6 Å². The van der Waals surface area contributed by atoms with Gasteiger partial charge in [-0.05, 0) is 55.2 Å². The van der Waals surface area contributed by atoms with Crippen LogP contribution in [0.2, 0.25) is 0 Å². The van der Waals surface area contributed by atoms with Gasteiger partial charge in [-0.25, -0.2) is 4.79 Å². The summed E-state index contributed by atoms with van der Waals surface area (Å²) in [7, 11) is 1.64. The van der Waals surface area contributed by atoms with Crippen LogP contribution in [0.1, 0.15) is 36.9 Å². The molecule has 0 aliphatic carbocycles. The number of ether oxygens (including phenoxy) is 1. The van der Waals surface area contributed by atoms with Crippen LogP contribution in [0.5, 0.6) is 5.75 Å². The van der Waals surface area contributed by atoms with E-state index in [0.717, 1.165) is 29.7 Å². The average molecular weight is 367 g/mol. The molecule has 2 aromatic rings. The lowest BCUT2D eigenvalue weighted by atomic mass is 10.0. The summed E-state index contributed by atoms with van der Waals surface area (Å²) in [5, 5.41) is 5.74. The van der Waals surface area contributed by atoms with E-state index in [1.807, 2.05) is 48.2 Å². The highest BCUT2D eigenvalue weighted by Gasteiger charge is 2.30. The van der Waals surface area contributed by atoms with E-state index in [0.29, 0.717) is 17.9 Å². The number of hydrogen-bond donors (Lipinski definition) is 2. The molecule has 0 saturated carbocycles. The van der Waals surface area contributed by atoms with Crippen molar-refractivity contribution in [1.29, 1.82) is 0 Å². The van der Waals surface area contributed by atoms with E-state index in [1.165, 1.54) is 6.92 Å². The number of hydrogen-bond acceptors (Lipinski definition) is 3. The molecule has 6 nitrogen and oxygen atoms in total. The average Bonchev–Trinajstić information content (AvgIpc) is 3.14. The van der Waals surface area contributed by atoms with Crippen LogP contribution >= 0.6 is 0 Å². The molecular formula is C21H25N3O3. The van der Waals surface area contributed by atoms with Gasteiger partial charge in [0.2, 0.25) is 5.91 Å². The molecule has 3 rings (SSSR count). The summed E-state index contributed by atoms with van der Waals surface area (Å²) in [5.41, 5.74) is 3.41. The van der Waals surface area contributed by atoms with Gasteiger partial charge in [0, 0.05) is 24.8 Å². The summed E-state index contributed by atoms with van der Waals surface area (Å²) in [4.78, 5) is 26.0. The second-order valence-corrected chi connectivity index (χ2v) is 6.77. The number of anilines is 2. The Morgan fingerprint density at radius 2 is 1.85 bits per heavy atom. The van der Waals surface area contributed by atoms with E-state index in [9.17, 15) is 9.59 Å². The molecule has 3 amide bonds. The SMILES string of the molecule is COc1ccc(C2CCCN2C(=O)Nc2ccc(C)c(NC(C)=O)c2)cc1. The van der Waals surface area contributed by atoms with Gasteiger partial charge in [0.25, 0.3) is 0 Å². The van der Waals surface area contributed by atoms with Crippen LogP contribution in [0.3, 0.4) is 0 Å². The van der Waals surface area contributed by atoms with Crippen LogP contribution in [0, 0.1) is 6.92 Å². The van der Waals surface area contributed by atoms with Crippen LogP contribution < -0.4 is 15.4 Å². The summed E-state index contributed by atoms with van der Waals surface area (Å²) in [6.07, 6.45) is 1.90. The molecule has 142 valence electrons. The molecule has 0 radical (unpaired) electrons. The number of aryl methyl sites for hydroxylation is 1. The van der Waals surface area contributed by atoms with Gasteiger partial charge in [0.1, 0.15) is 5.75 Å². The Morgan fingerprint density at radius 1 is 1.11 bits per heavy atom. The quantitative estimate of drug-likeness (QED) is 0.845. The van der Waals surface area contributed by atoms with Crippen LogP contribution in [0.25, 0.3) is 0 Å². The zero-order chi connectivity index (χ0) is 19.4. The Hall–Kier alpha value is -3.02. The molecule has 1 aliphatic rings. The maximum absolute atomic E-state index is 12.8. The van der Waals surface area contributed by atoms with E-state index < -0.39 is 0 Å². The van der Waals surface area contributed by atoms with Gasteiger partial charge in [-0.15, -0.1) is 0 Å². The van der Waals surface area contributed by atoms with E-state index >= 15 is 0 Å². The van der Waals surface area contributed by atoms with Crippen LogP contribution in [0.4, 0.5) is 16.2 Å². The minimum atomic E-state index is -0.138. The first-order chi connectivity index (χ1) is 13.0. The molecular weight excluding hydrogens is 342 g/mol. The third-order valence-corrected chi connectivity index (χ3v) is 4.81. The van der Waals surface area contributed by atoms with Gasteiger partial charge in [0.15, 0.2) is 0 Å². The van der Waals surface area contributed by atoms with Gasteiger partial charge in [-0.1, -0.05) is 18.2 Å². The molecule has 1 unspecified atom stereocenters. The fourth-order valence-corrected chi connectivity index (χ4v) is 3.40. The van der Waals surface area contributed by atoms with Gasteiger partial charge in [-0.3, -0.25) is 4.79 Å². The number of benzene rings is 2. The second kappa shape index (κ2) is 8.12. The molecule has 2 aromatic carbocycles. The third kappa shape index (κ3) is 4.39. The summed E-state index contributed by atoms with van der Waals surface area (Å²) in [5.74, 6) is 0.665. The lowest BCUT2D eigenvalue weighted by Gasteiger charge is -2.25. The van der Waals surface area contributed by atoms with E-state index in [-0.39, 0.29) is 18.0 Å². The molecule has 2 N–H and O–H groups in total. The van der Waals surface area contributed by atoms with E-state index in [2.05, 4.69) is 10.6 Å². The lowest BCUT2D eigenvalue weighted by molar-refractivity contribution is -0.114. The van der Waals surface area contributed by atoms with Crippen molar-refractivity contribution in [2.45, 2.75) is 32.7 Å². The number of nitrogens with zero attached hydrogens (tertiary/aromatic N) is 1. The van der Waals surface area contributed by atoms with Crippen molar-refractivity contribution >= 4 is 23.3 Å². The lowest BCUT2D eigenvalue weighted by Crippen LogP contribution is -2.34. The van der Waals surface area contributed by atoms with Crippen molar-refractivity contribution in [2.75, 3.05) is 24.3 Å². The largest absolute Gasteiger partial charge is 0.497 e. The highest BCUT2D eigenvalue weighted by Crippen LogP contribution is 2.33. The molecule has 27 heavy (non-hydrogen) atoms. The van der Waals surface area contributed by atoms with E-state index in [1.54, 1.807) is 13.2 Å². The van der Waals surface area contributed by atoms with Crippen LogP contribution in [-0.2, 0) is 4.79 Å². The predicted octanol–water partition coefficient (Wildman–Crippen LogP) is 4.33. The number of nitrogens with one attached hydrogen (secondary N) is 2. The number of likely N-dealkylation sites (tertiary alicyclic amines) is 1. The van der Waals surface area contributed by atoms with Gasteiger partial charge >= 0.3 is 6.03 Å². The molecule has 0 aromatic heterocycles. The number of rotatable bonds is 4. The number of methoxy groups -OCH3 is 1. The Bertz CT molecular complexity index is 833. The Kier molecular flexibility index (Phi) is 5.64. The van der Waals surface area contributed by atoms with Gasteiger partial charge in [-0.2, -0.15) is 0 Å². The van der Waals surface area contributed by atoms with Crippen molar-refractivity contribution in [2.24, 2.45) is 0 Å². The normalized spacial score (nSPS) is 16.1. The van der Waals surface area contributed by atoms with E-state index in [4.69, 9.17) is 4.74 Å². The third-order valence-electron chi connectivity index (χ3n) is 4.81. The Labute approximate surface area is 159 Å². The number of carbonyl (C=O) groups is 2. The second-order valence-electron chi connectivity index (χ2n) is 6.77. The van der Waals surface area contributed by atoms with Crippen molar-refractivity contribution in [3.8, 4) is 5.75 Å². The number of urea groups is 1. The zero-order valence-corrected chi connectivity index (χ0v) is 15.9. The molecule has 0 spiro atoms. The highest BCUT2D eigenvalue weighted by atomic mass is 16.5. The molecule has 0 bridgehead atoms. The predicted molar refractivity (Wildman–Crippen MR) is 106 cm³/mol. The summed E-state index contributed by atoms with van der Waals surface area (Å²) >= 11 is 0. The van der Waals surface area contributed by atoms with Crippen LogP contribution in [-0.4, -0.2) is 30.5 Å². The minimum absolute atomic E-state index is 0.0520. The standard InChI is InChI=1S/C21H25N3O3/c1-14-6-9-17(13-19(14)22-15(2)25)23-21(26)24-12-4-5-20(24)16-7-10-18(27-3)11-8-16/h6-11,13,20H,4-5,12H2,1-3H3,(H,22,25)(H,23,26). The van der Waals surface area contributed by atoms with Gasteiger partial charge in [0.05, 0.1) is 13.2 Å². The summed E-state index contributed by atoms with van der Waals surface area (Å²) in [6.45, 7) is 4.10. The summed E-state index contributed by atoms with van der Waals surface area (Å²) in [6, 6.07) is 13.3. The fourth-order valence-electron chi connectivity index (χ4n) is 3.40. The molecule has 1 fully saturated rings. The molecule has 6 heteroatoms. The fraction of sp³-hybridized carbons (Fsp3) is 0.333. The van der Waals surface area contributed by atoms with Crippen molar-refractivity contribution in [1.82, 2.24) is 4.90 Å². The number of amides is 3. The maximum Gasteiger partial charge on any atom is 0.322 e. The first-order valence-electron chi connectivity index (χ1n) is 9.07. The first kappa shape index (κ1) is 18.8. The minimum Gasteiger partial charge on any atom is -0.497 e. The Morgan fingerprint density at radius 3 is 2.52 bits per heavy atom. The van der Waals surface area contributed by atoms with Crippen molar-refractivity contribution < 1.29 is 14.3 Å². The highest BCUT2D eigenvalue weighted by molar-refractivity contribution is 5.93. The first-order valence-corrected chi connectivity index (χ1v) is 9.07. The van der Waals surface area contributed by atoms with Crippen molar-refractivity contribution in [3.63, 3.8) is 0 Å².